The number of nitrogen functional groups attached to an aromatic ring is 1. The summed E-state index contributed by atoms with van der Waals surface area (Å²) in [6, 6.07) is 10.1. The van der Waals surface area contributed by atoms with Crippen LogP contribution in [0.2, 0.25) is 0 Å². The monoisotopic (exact) mass is 333 g/mol. The third kappa shape index (κ3) is 2.30. The Hall–Kier alpha value is -2.21. The molecule has 0 atom stereocenters. The molecule has 1 aromatic heterocycles. The van der Waals surface area contributed by atoms with Gasteiger partial charge < -0.3 is 10.5 Å². The maximum absolute atomic E-state index is 13.6. The number of aromatic nitrogens is 2. The summed E-state index contributed by atoms with van der Waals surface area (Å²) < 4.78 is 19.5. The van der Waals surface area contributed by atoms with Crippen molar-refractivity contribution in [2.24, 2.45) is 0 Å². The van der Waals surface area contributed by atoms with E-state index in [-0.39, 0.29) is 5.75 Å². The average Bonchev–Trinajstić information content (AvgIpc) is 2.45. The zero-order valence-electron chi connectivity index (χ0n) is 10.2. The minimum atomic E-state index is -0.444. The van der Waals surface area contributed by atoms with E-state index >= 15 is 0 Å². The molecule has 0 amide bonds. The van der Waals surface area contributed by atoms with Crippen LogP contribution in [0.4, 0.5) is 10.1 Å². The summed E-state index contributed by atoms with van der Waals surface area (Å²) in [7, 11) is 0. The Morgan fingerprint density at radius 1 is 1.15 bits per heavy atom. The van der Waals surface area contributed by atoms with Gasteiger partial charge in [0.2, 0.25) is 0 Å². The van der Waals surface area contributed by atoms with Gasteiger partial charge in [-0.05, 0) is 34.1 Å². The Labute approximate surface area is 122 Å². The quantitative estimate of drug-likeness (QED) is 0.722. The van der Waals surface area contributed by atoms with Crippen LogP contribution in [0.3, 0.4) is 0 Å². The summed E-state index contributed by atoms with van der Waals surface area (Å²) in [5.74, 6) is 0.272. The fourth-order valence-electron chi connectivity index (χ4n) is 1.81. The maximum Gasteiger partial charge on any atom is 0.157 e. The van der Waals surface area contributed by atoms with Crippen molar-refractivity contribution < 1.29 is 9.13 Å². The Morgan fingerprint density at radius 3 is 2.80 bits per heavy atom. The minimum absolute atomic E-state index is 0.240. The highest BCUT2D eigenvalue weighted by Crippen LogP contribution is 2.34. The normalized spacial score (nSPS) is 10.7. The molecule has 3 rings (SSSR count). The van der Waals surface area contributed by atoms with Crippen molar-refractivity contribution in [2.45, 2.75) is 0 Å². The molecule has 0 spiro atoms. The standard InChI is InChI=1S/C14H9BrFN3O/c15-9-5-11(17)13(6-10(9)16)20-14-7-18-19-12-4-2-1-3-8(12)14/h1-7H,17H2. The van der Waals surface area contributed by atoms with E-state index in [0.29, 0.717) is 21.4 Å². The van der Waals surface area contributed by atoms with Crippen LogP contribution in [0.1, 0.15) is 0 Å². The maximum atomic E-state index is 13.6. The first-order chi connectivity index (χ1) is 9.65. The van der Waals surface area contributed by atoms with Gasteiger partial charge in [0.1, 0.15) is 5.82 Å². The molecule has 20 heavy (non-hydrogen) atoms. The predicted octanol–water partition coefficient (Wildman–Crippen LogP) is 3.91. The van der Waals surface area contributed by atoms with Crippen molar-refractivity contribution in [3.05, 3.63) is 52.9 Å². The van der Waals surface area contributed by atoms with E-state index in [1.165, 1.54) is 18.3 Å². The highest BCUT2D eigenvalue weighted by atomic mass is 79.9. The summed E-state index contributed by atoms with van der Waals surface area (Å²) in [5.41, 5.74) is 6.85. The van der Waals surface area contributed by atoms with Crippen molar-refractivity contribution >= 4 is 32.5 Å². The fraction of sp³-hybridized carbons (Fsp3) is 0. The summed E-state index contributed by atoms with van der Waals surface area (Å²) in [4.78, 5) is 0. The zero-order chi connectivity index (χ0) is 14.1. The van der Waals surface area contributed by atoms with Crippen LogP contribution in [-0.2, 0) is 0 Å². The Morgan fingerprint density at radius 2 is 1.95 bits per heavy atom. The molecule has 0 saturated heterocycles. The second kappa shape index (κ2) is 5.05. The van der Waals surface area contributed by atoms with Gasteiger partial charge in [-0.25, -0.2) is 4.39 Å². The van der Waals surface area contributed by atoms with Gasteiger partial charge >= 0.3 is 0 Å². The zero-order valence-corrected chi connectivity index (χ0v) is 11.8. The third-order valence-corrected chi connectivity index (χ3v) is 3.39. The largest absolute Gasteiger partial charge is 0.453 e. The SMILES string of the molecule is Nc1cc(Br)c(F)cc1Oc1cnnc2ccccc12. The number of hydrogen-bond donors (Lipinski definition) is 1. The van der Waals surface area contributed by atoms with E-state index in [2.05, 4.69) is 26.1 Å². The summed E-state index contributed by atoms with van der Waals surface area (Å²) in [6.45, 7) is 0. The topological polar surface area (TPSA) is 61.0 Å². The molecule has 0 aliphatic carbocycles. The molecule has 2 N–H and O–H groups in total. The molecular formula is C14H9BrFN3O. The molecule has 0 bridgehead atoms. The van der Waals surface area contributed by atoms with Crippen LogP contribution < -0.4 is 10.5 Å². The van der Waals surface area contributed by atoms with Gasteiger partial charge in [0.25, 0.3) is 0 Å². The summed E-state index contributed by atoms with van der Waals surface area (Å²) >= 11 is 3.07. The third-order valence-electron chi connectivity index (χ3n) is 2.78. The number of anilines is 1. The van der Waals surface area contributed by atoms with Crippen molar-refractivity contribution in [1.29, 1.82) is 0 Å². The fourth-order valence-corrected chi connectivity index (χ4v) is 2.18. The van der Waals surface area contributed by atoms with E-state index in [1.807, 2.05) is 24.3 Å². The first-order valence-electron chi connectivity index (χ1n) is 5.78. The van der Waals surface area contributed by atoms with Crippen molar-refractivity contribution in [1.82, 2.24) is 10.2 Å². The molecule has 0 fully saturated rings. The minimum Gasteiger partial charge on any atom is -0.453 e. The lowest BCUT2D eigenvalue weighted by Crippen LogP contribution is -1.95. The number of benzene rings is 2. The number of halogens is 2. The smallest absolute Gasteiger partial charge is 0.157 e. The highest BCUT2D eigenvalue weighted by molar-refractivity contribution is 9.10. The van der Waals surface area contributed by atoms with E-state index in [9.17, 15) is 4.39 Å². The number of rotatable bonds is 2. The molecule has 0 saturated carbocycles. The van der Waals surface area contributed by atoms with Gasteiger partial charge in [-0.2, -0.15) is 10.2 Å². The van der Waals surface area contributed by atoms with Crippen molar-refractivity contribution in [3.63, 3.8) is 0 Å². The van der Waals surface area contributed by atoms with Gasteiger partial charge in [-0.15, -0.1) is 0 Å². The van der Waals surface area contributed by atoms with E-state index in [4.69, 9.17) is 10.5 Å². The lowest BCUT2D eigenvalue weighted by atomic mass is 10.2. The predicted molar refractivity (Wildman–Crippen MR) is 78.1 cm³/mol. The number of fused-ring (bicyclic) bond motifs is 1. The first kappa shape index (κ1) is 12.8. The van der Waals surface area contributed by atoms with Crippen molar-refractivity contribution in [3.8, 4) is 11.5 Å². The highest BCUT2D eigenvalue weighted by Gasteiger charge is 2.10. The van der Waals surface area contributed by atoms with Crippen LogP contribution in [0.25, 0.3) is 10.9 Å². The molecule has 0 unspecified atom stereocenters. The second-order valence-electron chi connectivity index (χ2n) is 4.13. The summed E-state index contributed by atoms with van der Waals surface area (Å²) in [5, 5.41) is 8.64. The van der Waals surface area contributed by atoms with Gasteiger partial charge in [0.05, 0.1) is 21.9 Å². The molecule has 0 radical (unpaired) electrons. The van der Waals surface area contributed by atoms with Gasteiger partial charge in [0.15, 0.2) is 11.5 Å². The Balaban J connectivity index is 2.08. The van der Waals surface area contributed by atoms with Crippen LogP contribution >= 0.6 is 15.9 Å². The molecule has 0 aliphatic rings. The Kier molecular flexibility index (Phi) is 3.23. The first-order valence-corrected chi connectivity index (χ1v) is 6.57. The molecule has 1 heterocycles. The van der Waals surface area contributed by atoms with E-state index < -0.39 is 5.82 Å². The van der Waals surface area contributed by atoms with Crippen LogP contribution in [0.5, 0.6) is 11.5 Å². The molecule has 2 aromatic carbocycles. The molecule has 3 aromatic rings. The number of nitrogens with zero attached hydrogens (tertiary/aromatic N) is 2. The number of hydrogen-bond acceptors (Lipinski definition) is 4. The van der Waals surface area contributed by atoms with Gasteiger partial charge in [-0.1, -0.05) is 12.1 Å². The molecule has 0 aliphatic heterocycles. The van der Waals surface area contributed by atoms with Gasteiger partial charge in [-0.3, -0.25) is 0 Å². The van der Waals surface area contributed by atoms with E-state index in [0.717, 1.165) is 5.39 Å². The Bertz CT molecular complexity index is 789. The van der Waals surface area contributed by atoms with Crippen LogP contribution in [0, 0.1) is 5.82 Å². The van der Waals surface area contributed by atoms with Crippen LogP contribution in [0.15, 0.2) is 47.1 Å². The van der Waals surface area contributed by atoms with E-state index in [1.54, 1.807) is 0 Å². The number of nitrogens with two attached hydrogens (primary N) is 1. The summed E-state index contributed by atoms with van der Waals surface area (Å²) in [6.07, 6.45) is 1.47. The molecular weight excluding hydrogens is 325 g/mol. The average molecular weight is 334 g/mol. The molecule has 4 nitrogen and oxygen atoms in total. The van der Waals surface area contributed by atoms with Crippen LogP contribution in [-0.4, -0.2) is 10.2 Å². The second-order valence-corrected chi connectivity index (χ2v) is 4.99. The number of ether oxygens (including phenoxy) is 1. The van der Waals surface area contributed by atoms with Gasteiger partial charge in [0, 0.05) is 11.5 Å². The molecule has 6 heteroatoms. The lowest BCUT2D eigenvalue weighted by Gasteiger charge is -2.10. The van der Waals surface area contributed by atoms with Crippen molar-refractivity contribution in [2.75, 3.05) is 5.73 Å². The lowest BCUT2D eigenvalue weighted by molar-refractivity contribution is 0.481. The molecule has 100 valence electrons.